The molecule has 0 saturated heterocycles. The van der Waals surface area contributed by atoms with Gasteiger partial charge in [0, 0.05) is 0 Å². The molecule has 0 heterocycles. The summed E-state index contributed by atoms with van der Waals surface area (Å²) in [5.74, 6) is 0. The van der Waals surface area contributed by atoms with Crippen molar-refractivity contribution in [2.45, 2.75) is 59.7 Å². The Morgan fingerprint density at radius 1 is 0.762 bits per heavy atom. The Morgan fingerprint density at radius 3 is 1.05 bits per heavy atom. The zero-order valence-corrected chi connectivity index (χ0v) is 19.9. The molecule has 0 saturated carbocycles. The number of rotatable bonds is 1. The molecular weight excluding hydrogens is 499 g/mol. The van der Waals surface area contributed by atoms with E-state index in [1.165, 1.54) is 12.1 Å². The van der Waals surface area contributed by atoms with Crippen LogP contribution in [-0.2, 0) is 25.8 Å². The summed E-state index contributed by atoms with van der Waals surface area (Å²) in [6.45, 7) is 11.0. The van der Waals surface area contributed by atoms with Crippen LogP contribution < -0.4 is 4.40 Å². The molecule has 1 aromatic carbocycles. The van der Waals surface area contributed by atoms with Crippen LogP contribution in [0.25, 0.3) is 17.2 Å². The van der Waals surface area contributed by atoms with Crippen molar-refractivity contribution in [2.24, 2.45) is 0 Å². The van der Waals surface area contributed by atoms with Gasteiger partial charge in [-0.25, -0.2) is 0 Å². The van der Waals surface area contributed by atoms with Crippen molar-refractivity contribution in [3.05, 3.63) is 41.5 Å². The second-order valence-corrected chi connectivity index (χ2v) is 7.64. The average molecular weight is 529 g/mol. The third-order valence-corrected chi connectivity index (χ3v) is 2.81. The molecule has 3 N–H and O–H groups in total. The van der Waals surface area contributed by atoms with E-state index < -0.39 is 15.3 Å². The van der Waals surface area contributed by atoms with Crippen LogP contribution in [-0.4, -0.2) is 33.4 Å². The van der Waals surface area contributed by atoms with Gasteiger partial charge in [-0.1, -0.05) is 41.5 Å². The van der Waals surface area contributed by atoms with E-state index in [1.54, 1.807) is 12.1 Å². The van der Waals surface area contributed by atoms with Crippen LogP contribution in [0.3, 0.4) is 0 Å². The first-order valence-electron chi connectivity index (χ1n) is 6.63. The Morgan fingerprint density at radius 2 is 0.952 bits per heavy atom. The van der Waals surface area contributed by atoms with Gasteiger partial charge in [-0.2, -0.15) is 0 Å². The number of nitrogens with one attached hydrogen (secondary N) is 3. The standard InChI is InChI=1S/C5H5F2Ge.3C3H8N.Hf/c6-8(7)5-3-1-2-4-5;3*1-3(2)4;/h1-4,8H;3*3-4H,1-2H3;/q4*-1;+4. The smallest absolute Gasteiger partial charge is 4.00 e. The van der Waals surface area contributed by atoms with Crippen LogP contribution in [0.15, 0.2) is 24.3 Å². The largest absolute Gasteiger partial charge is 4.00 e. The van der Waals surface area contributed by atoms with Crippen LogP contribution in [0.5, 0.6) is 0 Å². The molecule has 0 fully saturated rings. The maximum atomic E-state index is 11.8. The fourth-order valence-corrected chi connectivity index (χ4v) is 1.61. The van der Waals surface area contributed by atoms with Crippen LogP contribution in [0.2, 0.25) is 0 Å². The first-order chi connectivity index (χ1) is 9.00. The van der Waals surface area contributed by atoms with Crippen LogP contribution in [0, 0.1) is 0 Å². The van der Waals surface area contributed by atoms with Crippen LogP contribution >= 0.6 is 0 Å². The van der Waals surface area contributed by atoms with Crippen molar-refractivity contribution in [3.8, 4) is 0 Å². The zero-order chi connectivity index (χ0) is 16.7. The minimum atomic E-state index is -3.89. The Labute approximate surface area is 153 Å². The Balaban J connectivity index is -0.0000000973. The van der Waals surface area contributed by atoms with Gasteiger partial charge in [0.05, 0.1) is 0 Å². The van der Waals surface area contributed by atoms with Gasteiger partial charge in [0.2, 0.25) is 0 Å². The molecule has 0 aliphatic rings. The molecule has 21 heavy (non-hydrogen) atoms. The van der Waals surface area contributed by atoms with Crippen LogP contribution in [0.4, 0.5) is 7.00 Å². The van der Waals surface area contributed by atoms with Gasteiger partial charge in [-0.15, -0.1) is 18.1 Å². The van der Waals surface area contributed by atoms with Crippen molar-refractivity contribution in [2.75, 3.05) is 0 Å². The Bertz CT molecular complexity index is 247. The fraction of sp³-hybridized carbons (Fsp3) is 0.643. The number of halogens is 2. The van der Waals surface area contributed by atoms with E-state index in [0.717, 1.165) is 0 Å². The minimum Gasteiger partial charge on any atom is 4.00 e. The molecule has 0 amide bonds. The van der Waals surface area contributed by atoms with E-state index in [-0.39, 0.29) is 48.4 Å². The summed E-state index contributed by atoms with van der Waals surface area (Å²) >= 11 is -3.89. The first-order valence-corrected chi connectivity index (χ1v) is 9.68. The molecule has 0 aliphatic carbocycles. The average Bonchev–Trinajstić information content (AvgIpc) is 2.66. The molecular formula is C14H29F2GeHfN3. The fourth-order valence-electron chi connectivity index (χ4n) is 0.534. The Hall–Kier alpha value is 0.503. The molecule has 0 aromatic heterocycles. The van der Waals surface area contributed by atoms with Crippen LogP contribution in [0.1, 0.15) is 41.5 Å². The van der Waals surface area contributed by atoms with Gasteiger partial charge in [0.1, 0.15) is 0 Å². The molecule has 122 valence electrons. The van der Waals surface area contributed by atoms with E-state index in [9.17, 15) is 7.00 Å². The molecule has 3 nitrogen and oxygen atoms in total. The van der Waals surface area contributed by atoms with Gasteiger partial charge in [0.15, 0.2) is 0 Å². The Kier molecular flexibility index (Phi) is 28.8. The summed E-state index contributed by atoms with van der Waals surface area (Å²) in [5.41, 5.74) is 19.8. The molecule has 1 rings (SSSR count). The monoisotopic (exact) mass is 531 g/mol. The molecule has 1 aromatic rings. The summed E-state index contributed by atoms with van der Waals surface area (Å²) < 4.78 is 23.9. The van der Waals surface area contributed by atoms with E-state index in [0.29, 0.717) is 0 Å². The number of hydrogen-bond donors (Lipinski definition) is 0. The van der Waals surface area contributed by atoms with E-state index in [4.69, 9.17) is 17.2 Å². The quantitative estimate of drug-likeness (QED) is 0.359. The molecule has 0 unspecified atom stereocenters. The van der Waals surface area contributed by atoms with Crippen molar-refractivity contribution in [1.82, 2.24) is 0 Å². The van der Waals surface area contributed by atoms with Crippen molar-refractivity contribution < 1.29 is 32.8 Å². The molecule has 0 spiro atoms. The molecule has 7 heteroatoms. The number of hydrogen-bond acceptors (Lipinski definition) is 0. The molecule has 0 aliphatic heterocycles. The summed E-state index contributed by atoms with van der Waals surface area (Å²) in [6, 6.07) is 6.52. The van der Waals surface area contributed by atoms with E-state index in [2.05, 4.69) is 0 Å². The first kappa shape index (κ1) is 29.5. The van der Waals surface area contributed by atoms with Crippen molar-refractivity contribution in [1.29, 1.82) is 0 Å². The second-order valence-electron chi connectivity index (χ2n) is 4.98. The van der Waals surface area contributed by atoms with Crippen molar-refractivity contribution >= 4 is 19.7 Å². The van der Waals surface area contributed by atoms with Gasteiger partial charge in [0.25, 0.3) is 0 Å². The molecule has 0 radical (unpaired) electrons. The minimum absolute atomic E-state index is 0. The third kappa shape index (κ3) is 53.0. The maximum Gasteiger partial charge on any atom is 4.00 e. The summed E-state index contributed by atoms with van der Waals surface area (Å²) in [4.78, 5) is 0. The van der Waals surface area contributed by atoms with E-state index >= 15 is 0 Å². The summed E-state index contributed by atoms with van der Waals surface area (Å²) in [5, 5.41) is 0. The second kappa shape index (κ2) is 20.5. The van der Waals surface area contributed by atoms with Gasteiger partial charge >= 0.3 is 76.8 Å². The van der Waals surface area contributed by atoms with Gasteiger partial charge in [-0.3, -0.25) is 0 Å². The molecule has 0 bridgehead atoms. The third-order valence-electron chi connectivity index (χ3n) is 0.940. The van der Waals surface area contributed by atoms with E-state index in [1.807, 2.05) is 41.5 Å². The SMILES string of the molecule is CC(C)[NH-].CC(C)[NH-].CC(C)[NH-].[F][GeH]([F])[c-]1cccc1.[Hf+4]. The van der Waals surface area contributed by atoms with Crippen molar-refractivity contribution in [3.63, 3.8) is 0 Å². The maximum absolute atomic E-state index is 11.8. The van der Waals surface area contributed by atoms with Gasteiger partial charge in [-0.05, 0) is 0 Å². The topological polar surface area (TPSA) is 71.4 Å². The predicted molar refractivity (Wildman–Crippen MR) is 89.4 cm³/mol. The molecule has 0 atom stereocenters. The normalized spacial score (nSPS) is 9.10. The summed E-state index contributed by atoms with van der Waals surface area (Å²) in [7, 11) is 0. The zero-order valence-electron chi connectivity index (χ0n) is 13.9. The predicted octanol–water partition coefficient (Wildman–Crippen LogP) is 5.11. The summed E-state index contributed by atoms with van der Waals surface area (Å²) in [6.07, 6.45) is 0. The van der Waals surface area contributed by atoms with Gasteiger partial charge < -0.3 is 17.2 Å².